The number of allylic oxidation sites excluding steroid dienone is 1. The number of H-pyrrole nitrogens is 1. The molecule has 1 aromatic heterocycles. The first-order valence-corrected chi connectivity index (χ1v) is 9.88. The van der Waals surface area contributed by atoms with E-state index in [1.807, 2.05) is 55.5 Å². The molecule has 0 aliphatic rings. The van der Waals surface area contributed by atoms with E-state index in [4.69, 9.17) is 0 Å². The largest absolute Gasteiger partial charge is 0.326 e. The standard InChI is InChI=1S/C23H26N4O2/c1-2-3-14-24-15-7-6-13-21(28)25-18-10-8-9-17(16-18)22-19-11-4-5-12-20(19)23(29)27-26-22/h2-5,8-12,16,24H,6-7,13-15H2,1H3,(H,25,28)(H,27,29). The number of carbonyl (C=O) groups is 1. The van der Waals surface area contributed by atoms with E-state index < -0.39 is 0 Å². The molecular formula is C23H26N4O2. The zero-order valence-corrected chi connectivity index (χ0v) is 16.6. The lowest BCUT2D eigenvalue weighted by Gasteiger charge is -2.09. The number of hydrogen-bond donors (Lipinski definition) is 3. The van der Waals surface area contributed by atoms with Crippen LogP contribution in [0.2, 0.25) is 0 Å². The number of aromatic nitrogens is 2. The Morgan fingerprint density at radius 1 is 1.10 bits per heavy atom. The molecule has 3 N–H and O–H groups in total. The highest BCUT2D eigenvalue weighted by atomic mass is 16.1. The van der Waals surface area contributed by atoms with Crippen molar-refractivity contribution >= 4 is 22.4 Å². The van der Waals surface area contributed by atoms with Gasteiger partial charge in [-0.05, 0) is 44.5 Å². The summed E-state index contributed by atoms with van der Waals surface area (Å²) in [5.74, 6) is -0.00473. The minimum Gasteiger partial charge on any atom is -0.326 e. The number of rotatable bonds is 9. The number of benzene rings is 2. The van der Waals surface area contributed by atoms with Gasteiger partial charge in [0.15, 0.2) is 0 Å². The van der Waals surface area contributed by atoms with Crippen LogP contribution in [-0.4, -0.2) is 29.2 Å². The maximum Gasteiger partial charge on any atom is 0.272 e. The zero-order chi connectivity index (χ0) is 20.5. The van der Waals surface area contributed by atoms with Crippen molar-refractivity contribution in [1.29, 1.82) is 0 Å². The number of aromatic amines is 1. The Kier molecular flexibility index (Phi) is 7.30. The summed E-state index contributed by atoms with van der Waals surface area (Å²) in [6.45, 7) is 3.76. The van der Waals surface area contributed by atoms with Crippen LogP contribution in [0, 0.1) is 0 Å². The van der Waals surface area contributed by atoms with Gasteiger partial charge in [0.2, 0.25) is 5.91 Å². The summed E-state index contributed by atoms with van der Waals surface area (Å²) >= 11 is 0. The van der Waals surface area contributed by atoms with Crippen LogP contribution in [0.4, 0.5) is 5.69 Å². The first kappa shape index (κ1) is 20.5. The maximum atomic E-state index is 12.2. The Bertz CT molecular complexity index is 1060. The Morgan fingerprint density at radius 2 is 1.93 bits per heavy atom. The SMILES string of the molecule is CC=CCNCCCCC(=O)Nc1cccc(-c2n[nH]c(=O)c3ccccc23)c1. The average molecular weight is 390 g/mol. The van der Waals surface area contributed by atoms with Gasteiger partial charge in [0.1, 0.15) is 0 Å². The number of carbonyl (C=O) groups excluding carboxylic acids is 1. The van der Waals surface area contributed by atoms with E-state index in [1.165, 1.54) is 0 Å². The third-order valence-corrected chi connectivity index (χ3v) is 4.62. The molecule has 0 saturated carbocycles. The third kappa shape index (κ3) is 5.62. The van der Waals surface area contributed by atoms with Crippen LogP contribution in [0.3, 0.4) is 0 Å². The fraction of sp³-hybridized carbons (Fsp3) is 0.261. The predicted octanol–water partition coefficient (Wildman–Crippen LogP) is 3.86. The number of anilines is 1. The molecule has 0 fully saturated rings. The van der Waals surface area contributed by atoms with E-state index in [0.29, 0.717) is 17.5 Å². The summed E-state index contributed by atoms with van der Waals surface area (Å²) in [5, 5.41) is 14.4. The lowest BCUT2D eigenvalue weighted by atomic mass is 10.0. The molecule has 0 spiro atoms. The van der Waals surface area contributed by atoms with E-state index in [-0.39, 0.29) is 11.5 Å². The van der Waals surface area contributed by atoms with Crippen molar-refractivity contribution in [2.24, 2.45) is 0 Å². The Labute approximate surface area is 170 Å². The van der Waals surface area contributed by atoms with E-state index in [9.17, 15) is 9.59 Å². The van der Waals surface area contributed by atoms with Crippen molar-refractivity contribution < 1.29 is 4.79 Å². The van der Waals surface area contributed by atoms with Crippen molar-refractivity contribution in [3.05, 3.63) is 71.0 Å². The number of hydrogen-bond acceptors (Lipinski definition) is 4. The van der Waals surface area contributed by atoms with Crippen molar-refractivity contribution in [2.45, 2.75) is 26.2 Å². The van der Waals surface area contributed by atoms with Crippen LogP contribution < -0.4 is 16.2 Å². The summed E-state index contributed by atoms with van der Waals surface area (Å²) in [7, 11) is 0. The number of amides is 1. The van der Waals surface area contributed by atoms with E-state index in [2.05, 4.69) is 26.9 Å². The Hall–Kier alpha value is -3.25. The van der Waals surface area contributed by atoms with Gasteiger partial charge in [-0.1, -0.05) is 42.5 Å². The molecule has 6 heteroatoms. The van der Waals surface area contributed by atoms with Crippen molar-refractivity contribution in [1.82, 2.24) is 15.5 Å². The molecule has 0 atom stereocenters. The lowest BCUT2D eigenvalue weighted by molar-refractivity contribution is -0.116. The Morgan fingerprint density at radius 3 is 2.76 bits per heavy atom. The molecule has 0 bridgehead atoms. The fourth-order valence-electron chi connectivity index (χ4n) is 3.14. The quantitative estimate of drug-likeness (QED) is 0.382. The number of nitrogens with one attached hydrogen (secondary N) is 3. The van der Waals surface area contributed by atoms with Crippen LogP contribution >= 0.6 is 0 Å². The first-order valence-electron chi connectivity index (χ1n) is 9.88. The van der Waals surface area contributed by atoms with Crippen molar-refractivity contribution in [3.63, 3.8) is 0 Å². The molecule has 150 valence electrons. The summed E-state index contributed by atoms with van der Waals surface area (Å²) in [5.41, 5.74) is 2.02. The number of unbranched alkanes of at least 4 members (excludes halogenated alkanes) is 1. The molecule has 0 radical (unpaired) electrons. The molecule has 1 amide bonds. The number of nitrogens with zero attached hydrogens (tertiary/aromatic N) is 1. The number of fused-ring (bicyclic) bond motifs is 1. The Balaban J connectivity index is 1.63. The van der Waals surface area contributed by atoms with Gasteiger partial charge in [0, 0.05) is 29.6 Å². The van der Waals surface area contributed by atoms with Gasteiger partial charge in [-0.25, -0.2) is 5.10 Å². The summed E-state index contributed by atoms with van der Waals surface area (Å²) < 4.78 is 0. The summed E-state index contributed by atoms with van der Waals surface area (Å²) in [4.78, 5) is 24.2. The molecule has 1 heterocycles. The van der Waals surface area contributed by atoms with Crippen LogP contribution in [0.25, 0.3) is 22.0 Å². The smallest absolute Gasteiger partial charge is 0.272 e. The normalized spacial score (nSPS) is 11.2. The van der Waals surface area contributed by atoms with Crippen LogP contribution in [0.5, 0.6) is 0 Å². The molecular weight excluding hydrogens is 364 g/mol. The van der Waals surface area contributed by atoms with Crippen molar-refractivity contribution in [2.75, 3.05) is 18.4 Å². The molecule has 6 nitrogen and oxygen atoms in total. The second-order valence-electron chi connectivity index (χ2n) is 6.81. The van der Waals surface area contributed by atoms with Gasteiger partial charge in [0.25, 0.3) is 5.56 Å². The van der Waals surface area contributed by atoms with E-state index in [1.54, 1.807) is 6.07 Å². The maximum absolute atomic E-state index is 12.2. The molecule has 3 aromatic rings. The van der Waals surface area contributed by atoms with Gasteiger partial charge in [-0.15, -0.1) is 0 Å². The van der Waals surface area contributed by atoms with Gasteiger partial charge in [0.05, 0.1) is 11.1 Å². The highest BCUT2D eigenvalue weighted by Gasteiger charge is 2.09. The third-order valence-electron chi connectivity index (χ3n) is 4.62. The van der Waals surface area contributed by atoms with Crippen LogP contribution in [0.1, 0.15) is 26.2 Å². The molecule has 2 aromatic carbocycles. The van der Waals surface area contributed by atoms with E-state index >= 15 is 0 Å². The second-order valence-corrected chi connectivity index (χ2v) is 6.81. The van der Waals surface area contributed by atoms with Gasteiger partial charge >= 0.3 is 0 Å². The van der Waals surface area contributed by atoms with Gasteiger partial charge < -0.3 is 10.6 Å². The fourth-order valence-corrected chi connectivity index (χ4v) is 3.14. The average Bonchev–Trinajstić information content (AvgIpc) is 2.74. The molecule has 29 heavy (non-hydrogen) atoms. The molecule has 0 unspecified atom stereocenters. The lowest BCUT2D eigenvalue weighted by Crippen LogP contribution is -2.16. The first-order chi connectivity index (χ1) is 14.2. The van der Waals surface area contributed by atoms with Gasteiger partial charge in [-0.3, -0.25) is 9.59 Å². The highest BCUT2D eigenvalue weighted by Crippen LogP contribution is 2.26. The van der Waals surface area contributed by atoms with Crippen LogP contribution in [-0.2, 0) is 4.79 Å². The molecule has 0 aliphatic heterocycles. The molecule has 3 rings (SSSR count). The second kappa shape index (κ2) is 10.3. The monoisotopic (exact) mass is 390 g/mol. The van der Waals surface area contributed by atoms with Gasteiger partial charge in [-0.2, -0.15) is 5.10 Å². The van der Waals surface area contributed by atoms with Crippen molar-refractivity contribution in [3.8, 4) is 11.3 Å². The molecule has 0 aliphatic carbocycles. The molecule has 0 saturated heterocycles. The summed E-state index contributed by atoms with van der Waals surface area (Å²) in [6, 6.07) is 14.9. The van der Waals surface area contributed by atoms with E-state index in [0.717, 1.165) is 42.6 Å². The minimum absolute atomic E-state index is 0.00473. The zero-order valence-electron chi connectivity index (χ0n) is 16.6. The van der Waals surface area contributed by atoms with Crippen LogP contribution in [0.15, 0.2) is 65.5 Å². The highest BCUT2D eigenvalue weighted by molar-refractivity contribution is 5.95. The summed E-state index contributed by atoms with van der Waals surface area (Å²) in [6.07, 6.45) is 6.36. The predicted molar refractivity (Wildman–Crippen MR) is 118 cm³/mol. The topological polar surface area (TPSA) is 86.9 Å². The minimum atomic E-state index is -0.214.